The van der Waals surface area contributed by atoms with E-state index in [1.54, 1.807) is 6.92 Å². The van der Waals surface area contributed by atoms with Gasteiger partial charge in [-0.3, -0.25) is 4.79 Å². The number of aliphatic hydroxyl groups is 4. The summed E-state index contributed by atoms with van der Waals surface area (Å²) in [6, 6.07) is -1.16. The Hall–Kier alpha value is -0.420. The Morgan fingerprint density at radius 1 is 1.32 bits per heavy atom. The largest absolute Gasteiger partial charge is 0.480 e. The lowest BCUT2D eigenvalue weighted by molar-refractivity contribution is -0.205. The SMILES string of the molecule is C[C@@H](S[C@H]1O[C@H](CO)[C@@H](O)[C@H](O)[C@H]1O)[C@H](N)C(=O)O. The molecule has 8 nitrogen and oxygen atoms in total. The normalized spacial score (nSPS) is 38.7. The summed E-state index contributed by atoms with van der Waals surface area (Å²) in [5, 5.41) is 46.1. The highest BCUT2D eigenvalue weighted by molar-refractivity contribution is 8.00. The van der Waals surface area contributed by atoms with E-state index in [1.807, 2.05) is 0 Å². The first-order valence-corrected chi connectivity index (χ1v) is 6.68. The van der Waals surface area contributed by atoms with E-state index in [-0.39, 0.29) is 0 Å². The van der Waals surface area contributed by atoms with E-state index in [0.717, 1.165) is 11.8 Å². The molecule has 0 unspecified atom stereocenters. The lowest BCUT2D eigenvalue weighted by atomic mass is 10.0. The molecule has 0 aromatic heterocycles. The summed E-state index contributed by atoms with van der Waals surface area (Å²) in [6.07, 6.45) is -5.31. The van der Waals surface area contributed by atoms with Crippen molar-refractivity contribution in [2.75, 3.05) is 6.61 Å². The number of carboxylic acids is 1. The molecule has 0 radical (unpaired) electrons. The van der Waals surface area contributed by atoms with Crippen LogP contribution in [-0.2, 0) is 9.53 Å². The number of ether oxygens (including phenoxy) is 1. The first kappa shape index (κ1) is 16.6. The Morgan fingerprint density at radius 2 is 1.89 bits per heavy atom. The molecule has 1 fully saturated rings. The average Bonchev–Trinajstić information content (AvgIpc) is 2.38. The van der Waals surface area contributed by atoms with Crippen LogP contribution >= 0.6 is 11.8 Å². The highest BCUT2D eigenvalue weighted by atomic mass is 32.2. The average molecular weight is 297 g/mol. The van der Waals surface area contributed by atoms with Crippen molar-refractivity contribution >= 4 is 17.7 Å². The third-order valence-corrected chi connectivity index (χ3v) is 4.37. The Morgan fingerprint density at radius 3 is 2.37 bits per heavy atom. The Kier molecular flexibility index (Phi) is 5.99. The minimum atomic E-state index is -1.48. The molecule has 0 aromatic rings. The van der Waals surface area contributed by atoms with Gasteiger partial charge in [0, 0.05) is 5.25 Å². The second-order valence-corrected chi connectivity index (χ2v) is 5.88. The molecule has 1 rings (SSSR count). The molecule has 0 aliphatic carbocycles. The summed E-state index contributed by atoms with van der Waals surface area (Å²) in [5.74, 6) is -1.19. The van der Waals surface area contributed by atoms with Crippen LogP contribution in [0.25, 0.3) is 0 Å². The van der Waals surface area contributed by atoms with Crippen LogP contribution in [0.3, 0.4) is 0 Å². The maximum atomic E-state index is 10.7. The van der Waals surface area contributed by atoms with Crippen LogP contribution in [0.2, 0.25) is 0 Å². The van der Waals surface area contributed by atoms with Crippen LogP contribution in [0.4, 0.5) is 0 Å². The quantitative estimate of drug-likeness (QED) is 0.318. The van der Waals surface area contributed by atoms with Gasteiger partial charge in [-0.1, -0.05) is 6.92 Å². The highest BCUT2D eigenvalue weighted by Crippen LogP contribution is 2.31. The molecule has 0 spiro atoms. The standard InChI is InChI=1S/C10H19NO7S/c1-3(5(11)9(16)17)19-10-8(15)7(14)6(13)4(2-12)18-10/h3-8,10,12-15H,2,11H2,1H3,(H,16,17)/t3-,4-,5+,6-,7+,8-,10-/m1/s1. The molecule has 9 heteroatoms. The van der Waals surface area contributed by atoms with E-state index < -0.39 is 53.7 Å². The molecule has 0 saturated carbocycles. The van der Waals surface area contributed by atoms with Gasteiger partial charge in [0.1, 0.15) is 35.9 Å². The summed E-state index contributed by atoms with van der Waals surface area (Å²) < 4.78 is 5.24. The summed E-state index contributed by atoms with van der Waals surface area (Å²) in [6.45, 7) is 1.02. The Labute approximate surface area is 114 Å². The van der Waals surface area contributed by atoms with Crippen LogP contribution in [0.5, 0.6) is 0 Å². The lowest BCUT2D eigenvalue weighted by Crippen LogP contribution is -2.58. The van der Waals surface area contributed by atoms with Crippen molar-refractivity contribution in [3.63, 3.8) is 0 Å². The van der Waals surface area contributed by atoms with Crippen molar-refractivity contribution in [2.24, 2.45) is 5.73 Å². The van der Waals surface area contributed by atoms with Crippen LogP contribution in [0.15, 0.2) is 0 Å². The monoisotopic (exact) mass is 297 g/mol. The van der Waals surface area contributed by atoms with Gasteiger partial charge in [0.25, 0.3) is 0 Å². The molecule has 0 aromatic carbocycles. The number of rotatable bonds is 5. The number of carbonyl (C=O) groups is 1. The fourth-order valence-corrected chi connectivity index (χ4v) is 2.91. The van der Waals surface area contributed by atoms with E-state index in [4.69, 9.17) is 20.7 Å². The summed E-state index contributed by atoms with van der Waals surface area (Å²) in [4.78, 5) is 10.7. The molecular weight excluding hydrogens is 278 g/mol. The van der Waals surface area contributed by atoms with E-state index in [2.05, 4.69) is 0 Å². The number of hydrogen-bond donors (Lipinski definition) is 6. The van der Waals surface area contributed by atoms with Crippen LogP contribution in [0.1, 0.15) is 6.92 Å². The maximum absolute atomic E-state index is 10.7. The fourth-order valence-electron chi connectivity index (χ4n) is 1.68. The first-order valence-electron chi connectivity index (χ1n) is 5.74. The molecule has 19 heavy (non-hydrogen) atoms. The predicted molar refractivity (Wildman–Crippen MR) is 66.4 cm³/mol. The first-order chi connectivity index (χ1) is 8.79. The fraction of sp³-hybridized carbons (Fsp3) is 0.900. The minimum Gasteiger partial charge on any atom is -0.480 e. The van der Waals surface area contributed by atoms with Crippen molar-refractivity contribution in [1.82, 2.24) is 0 Å². The molecule has 112 valence electrons. The smallest absolute Gasteiger partial charge is 0.321 e. The predicted octanol–water partition coefficient (Wildman–Crippen LogP) is -2.68. The summed E-state index contributed by atoms with van der Waals surface area (Å²) in [5.41, 5.74) is 4.46. The van der Waals surface area contributed by atoms with Crippen molar-refractivity contribution in [2.45, 2.75) is 48.1 Å². The molecule has 0 amide bonds. The van der Waals surface area contributed by atoms with Gasteiger partial charge in [-0.15, -0.1) is 11.8 Å². The summed E-state index contributed by atoms with van der Waals surface area (Å²) >= 11 is 0.930. The zero-order chi connectivity index (χ0) is 14.7. The van der Waals surface area contributed by atoms with Crippen LogP contribution in [-0.4, -0.2) is 79.3 Å². The van der Waals surface area contributed by atoms with Crippen LogP contribution < -0.4 is 5.73 Å². The molecular formula is C10H19NO7S. The van der Waals surface area contributed by atoms with Gasteiger partial charge in [0.15, 0.2) is 0 Å². The molecule has 7 N–H and O–H groups in total. The third kappa shape index (κ3) is 3.78. The Balaban J connectivity index is 2.69. The van der Waals surface area contributed by atoms with Gasteiger partial charge < -0.3 is 36.0 Å². The van der Waals surface area contributed by atoms with Crippen molar-refractivity contribution in [3.05, 3.63) is 0 Å². The van der Waals surface area contributed by atoms with Gasteiger partial charge in [-0.05, 0) is 0 Å². The number of carboxylic acid groups (broad SMARTS) is 1. The number of aliphatic carboxylic acids is 1. The van der Waals surface area contributed by atoms with Crippen molar-refractivity contribution < 1.29 is 35.1 Å². The number of aliphatic hydroxyl groups excluding tert-OH is 4. The van der Waals surface area contributed by atoms with Crippen LogP contribution in [0, 0.1) is 0 Å². The third-order valence-electron chi connectivity index (χ3n) is 2.99. The number of nitrogens with two attached hydrogens (primary N) is 1. The minimum absolute atomic E-state index is 0.526. The van der Waals surface area contributed by atoms with E-state index in [0.29, 0.717) is 0 Å². The molecule has 1 heterocycles. The maximum Gasteiger partial charge on any atom is 0.321 e. The highest BCUT2D eigenvalue weighted by Gasteiger charge is 2.44. The van der Waals surface area contributed by atoms with E-state index in [9.17, 15) is 20.1 Å². The van der Waals surface area contributed by atoms with Gasteiger partial charge in [0.2, 0.25) is 0 Å². The number of thioether (sulfide) groups is 1. The molecule has 1 aliphatic rings. The zero-order valence-electron chi connectivity index (χ0n) is 10.3. The van der Waals surface area contributed by atoms with Crippen molar-refractivity contribution in [3.8, 4) is 0 Å². The molecule has 1 saturated heterocycles. The van der Waals surface area contributed by atoms with E-state index >= 15 is 0 Å². The second-order valence-electron chi connectivity index (χ2n) is 4.40. The lowest BCUT2D eigenvalue weighted by Gasteiger charge is -2.40. The van der Waals surface area contributed by atoms with Gasteiger partial charge in [0.05, 0.1) is 6.61 Å². The molecule has 1 aliphatic heterocycles. The number of hydrogen-bond acceptors (Lipinski definition) is 8. The van der Waals surface area contributed by atoms with E-state index in [1.165, 1.54) is 0 Å². The molecule has 7 atom stereocenters. The van der Waals surface area contributed by atoms with Gasteiger partial charge >= 0.3 is 5.97 Å². The Bertz CT molecular complexity index is 316. The molecule has 0 bridgehead atoms. The zero-order valence-corrected chi connectivity index (χ0v) is 11.1. The van der Waals surface area contributed by atoms with Gasteiger partial charge in [-0.2, -0.15) is 0 Å². The van der Waals surface area contributed by atoms with Gasteiger partial charge in [-0.25, -0.2) is 0 Å². The van der Waals surface area contributed by atoms with Crippen molar-refractivity contribution in [1.29, 1.82) is 0 Å². The topological polar surface area (TPSA) is 153 Å². The second kappa shape index (κ2) is 6.84. The summed E-state index contributed by atoms with van der Waals surface area (Å²) in [7, 11) is 0.